The van der Waals surface area contributed by atoms with Gasteiger partial charge in [0.1, 0.15) is 17.3 Å². The van der Waals surface area contributed by atoms with Crippen LogP contribution in [0.15, 0.2) is 30.3 Å². The maximum Gasteiger partial charge on any atom is 0.306 e. The van der Waals surface area contributed by atoms with Crippen LogP contribution in [0.1, 0.15) is 18.5 Å². The molecule has 0 atom stereocenters. The van der Waals surface area contributed by atoms with E-state index in [1.54, 1.807) is 31.2 Å². The number of para-hydroxylation sites is 1. The summed E-state index contributed by atoms with van der Waals surface area (Å²) in [6.07, 6.45) is 1.07. The number of piperidine rings is 1. The number of amides is 1. The van der Waals surface area contributed by atoms with Crippen LogP contribution in [0, 0.1) is 18.7 Å². The maximum absolute atomic E-state index is 14.0. The van der Waals surface area contributed by atoms with E-state index in [4.69, 9.17) is 5.11 Å². The smallest absolute Gasteiger partial charge is 0.306 e. The molecule has 0 aliphatic carbocycles. The number of carbonyl (C=O) groups is 2. The van der Waals surface area contributed by atoms with Crippen LogP contribution >= 0.6 is 0 Å². The van der Waals surface area contributed by atoms with Gasteiger partial charge in [-0.1, -0.05) is 12.1 Å². The lowest BCUT2D eigenvalue weighted by atomic mass is 9.97. The third-order valence-electron chi connectivity index (χ3n) is 4.48. The number of benzene rings is 1. The van der Waals surface area contributed by atoms with Crippen molar-refractivity contribution in [1.29, 1.82) is 0 Å². The van der Waals surface area contributed by atoms with Crippen molar-refractivity contribution >= 4 is 17.7 Å². The van der Waals surface area contributed by atoms with Crippen molar-refractivity contribution in [2.45, 2.75) is 19.8 Å². The van der Waals surface area contributed by atoms with Crippen LogP contribution in [0.5, 0.6) is 0 Å². The van der Waals surface area contributed by atoms with E-state index in [1.807, 2.05) is 4.90 Å². The van der Waals surface area contributed by atoms with Crippen molar-refractivity contribution < 1.29 is 19.1 Å². The molecule has 138 valence electrons. The molecule has 0 bridgehead atoms. The molecule has 8 heteroatoms. The van der Waals surface area contributed by atoms with Crippen LogP contribution in [0.3, 0.4) is 0 Å². The number of anilines is 1. The minimum absolute atomic E-state index is 0.161. The number of carboxylic acid groups (broad SMARTS) is 1. The molecule has 1 fully saturated rings. The van der Waals surface area contributed by atoms with Gasteiger partial charge < -0.3 is 10.4 Å². The van der Waals surface area contributed by atoms with Crippen LogP contribution in [0.2, 0.25) is 0 Å². The van der Waals surface area contributed by atoms with E-state index in [1.165, 1.54) is 10.7 Å². The number of carboxylic acids is 1. The Labute approximate surface area is 150 Å². The Hall–Kier alpha value is -2.74. The molecule has 1 aromatic carbocycles. The number of aliphatic carboxylic acids is 1. The molecule has 7 nitrogen and oxygen atoms in total. The fourth-order valence-corrected chi connectivity index (χ4v) is 3.12. The Kier molecular flexibility index (Phi) is 5.32. The number of aromatic nitrogens is 2. The van der Waals surface area contributed by atoms with Gasteiger partial charge in [-0.2, -0.15) is 5.10 Å². The summed E-state index contributed by atoms with van der Waals surface area (Å²) in [5.74, 6) is -1.38. The van der Waals surface area contributed by atoms with E-state index in [0.717, 1.165) is 0 Å². The monoisotopic (exact) mass is 360 g/mol. The highest BCUT2D eigenvalue weighted by Crippen LogP contribution is 2.20. The second-order valence-corrected chi connectivity index (χ2v) is 6.47. The maximum atomic E-state index is 14.0. The largest absolute Gasteiger partial charge is 0.481 e. The van der Waals surface area contributed by atoms with Crippen molar-refractivity contribution in [3.63, 3.8) is 0 Å². The highest BCUT2D eigenvalue weighted by molar-refractivity contribution is 5.91. The highest BCUT2D eigenvalue weighted by Gasteiger charge is 2.25. The molecule has 26 heavy (non-hydrogen) atoms. The summed E-state index contributed by atoms with van der Waals surface area (Å²) >= 11 is 0. The zero-order chi connectivity index (χ0) is 18.7. The van der Waals surface area contributed by atoms with E-state index in [2.05, 4.69) is 10.4 Å². The number of hydrogen-bond donors (Lipinski definition) is 2. The Balaban J connectivity index is 1.66. The van der Waals surface area contributed by atoms with Gasteiger partial charge in [0.15, 0.2) is 0 Å². The molecular formula is C18H21FN4O3. The first-order valence-corrected chi connectivity index (χ1v) is 8.50. The summed E-state index contributed by atoms with van der Waals surface area (Å²) in [6, 6.07) is 7.90. The molecule has 2 heterocycles. The summed E-state index contributed by atoms with van der Waals surface area (Å²) in [7, 11) is 0. The number of likely N-dealkylation sites (tertiary alicyclic amines) is 1. The first-order chi connectivity index (χ1) is 12.4. The average Bonchev–Trinajstić information content (AvgIpc) is 2.95. The van der Waals surface area contributed by atoms with Gasteiger partial charge in [0, 0.05) is 6.07 Å². The number of hydrogen-bond acceptors (Lipinski definition) is 4. The van der Waals surface area contributed by atoms with Crippen molar-refractivity contribution in [3.8, 4) is 5.69 Å². The van der Waals surface area contributed by atoms with Crippen molar-refractivity contribution in [3.05, 3.63) is 41.8 Å². The van der Waals surface area contributed by atoms with Crippen LogP contribution < -0.4 is 5.32 Å². The molecule has 3 rings (SSSR count). The van der Waals surface area contributed by atoms with Gasteiger partial charge in [0.05, 0.1) is 18.2 Å². The zero-order valence-corrected chi connectivity index (χ0v) is 14.5. The van der Waals surface area contributed by atoms with Gasteiger partial charge in [-0.3, -0.25) is 14.5 Å². The topological polar surface area (TPSA) is 87.5 Å². The molecule has 1 aromatic heterocycles. The standard InChI is InChI=1S/C18H21FN4O3/c1-12-10-16(23(21-12)15-5-3-2-4-14(15)19)20-17(24)11-22-8-6-13(7-9-22)18(25)26/h2-5,10,13H,6-9,11H2,1H3,(H,20,24)(H,25,26). The number of carbonyl (C=O) groups excluding carboxylic acids is 1. The van der Waals surface area contributed by atoms with E-state index in [0.29, 0.717) is 37.4 Å². The summed E-state index contributed by atoms with van der Waals surface area (Å²) in [4.78, 5) is 25.3. The molecular weight excluding hydrogens is 339 g/mol. The third-order valence-corrected chi connectivity index (χ3v) is 4.48. The number of aryl methyl sites for hydroxylation is 1. The van der Waals surface area contributed by atoms with Crippen molar-refractivity contribution in [2.24, 2.45) is 5.92 Å². The molecule has 2 aromatic rings. The van der Waals surface area contributed by atoms with E-state index in [-0.39, 0.29) is 24.1 Å². The van der Waals surface area contributed by atoms with Crippen LogP contribution in [0.25, 0.3) is 5.69 Å². The predicted molar refractivity (Wildman–Crippen MR) is 93.7 cm³/mol. The lowest BCUT2D eigenvalue weighted by Crippen LogP contribution is -2.40. The molecule has 1 aliphatic rings. The first kappa shape index (κ1) is 18.1. The molecule has 1 amide bonds. The fraction of sp³-hybridized carbons (Fsp3) is 0.389. The van der Waals surface area contributed by atoms with Crippen LogP contribution in [-0.4, -0.2) is 51.3 Å². The Bertz CT molecular complexity index is 813. The zero-order valence-electron chi connectivity index (χ0n) is 14.5. The average molecular weight is 360 g/mol. The number of nitrogens with one attached hydrogen (secondary N) is 1. The predicted octanol–water partition coefficient (Wildman–Crippen LogP) is 2.05. The quantitative estimate of drug-likeness (QED) is 0.852. The van der Waals surface area contributed by atoms with Crippen LogP contribution in [-0.2, 0) is 9.59 Å². The highest BCUT2D eigenvalue weighted by atomic mass is 19.1. The SMILES string of the molecule is Cc1cc(NC(=O)CN2CCC(C(=O)O)CC2)n(-c2ccccc2F)n1. The number of halogens is 1. The van der Waals surface area contributed by atoms with Gasteiger partial charge in [0.25, 0.3) is 0 Å². The summed E-state index contributed by atoms with van der Waals surface area (Å²) in [5.41, 5.74) is 0.920. The van der Waals surface area contributed by atoms with Gasteiger partial charge in [0.2, 0.25) is 5.91 Å². The van der Waals surface area contributed by atoms with Gasteiger partial charge in [-0.15, -0.1) is 0 Å². The Morgan fingerprint density at radius 3 is 2.65 bits per heavy atom. The lowest BCUT2D eigenvalue weighted by molar-refractivity contribution is -0.143. The molecule has 0 unspecified atom stereocenters. The van der Waals surface area contributed by atoms with E-state index in [9.17, 15) is 14.0 Å². The third kappa shape index (κ3) is 4.08. The van der Waals surface area contributed by atoms with Gasteiger partial charge in [-0.25, -0.2) is 9.07 Å². The fourth-order valence-electron chi connectivity index (χ4n) is 3.12. The van der Waals surface area contributed by atoms with Crippen LogP contribution in [0.4, 0.5) is 10.2 Å². The summed E-state index contributed by atoms with van der Waals surface area (Å²) in [5, 5.41) is 16.1. The van der Waals surface area contributed by atoms with Gasteiger partial charge >= 0.3 is 5.97 Å². The lowest BCUT2D eigenvalue weighted by Gasteiger charge is -2.29. The van der Waals surface area contributed by atoms with Crippen molar-refractivity contribution in [1.82, 2.24) is 14.7 Å². The second kappa shape index (κ2) is 7.65. The van der Waals surface area contributed by atoms with E-state index < -0.39 is 11.8 Å². The number of nitrogens with zero attached hydrogens (tertiary/aromatic N) is 3. The summed E-state index contributed by atoms with van der Waals surface area (Å²) in [6.45, 7) is 3.06. The molecule has 1 saturated heterocycles. The first-order valence-electron chi connectivity index (χ1n) is 8.50. The van der Waals surface area contributed by atoms with Crippen molar-refractivity contribution in [2.75, 3.05) is 25.0 Å². The minimum Gasteiger partial charge on any atom is -0.481 e. The second-order valence-electron chi connectivity index (χ2n) is 6.47. The molecule has 0 saturated carbocycles. The normalized spacial score (nSPS) is 15.8. The Morgan fingerprint density at radius 1 is 1.31 bits per heavy atom. The summed E-state index contributed by atoms with van der Waals surface area (Å²) < 4.78 is 15.4. The Morgan fingerprint density at radius 2 is 2.00 bits per heavy atom. The molecule has 0 spiro atoms. The number of rotatable bonds is 5. The van der Waals surface area contributed by atoms with Gasteiger partial charge in [-0.05, 0) is 45.0 Å². The molecule has 0 radical (unpaired) electrons. The van der Waals surface area contributed by atoms with E-state index >= 15 is 0 Å². The molecule has 1 aliphatic heterocycles. The minimum atomic E-state index is -0.779. The molecule has 2 N–H and O–H groups in total.